The van der Waals surface area contributed by atoms with Gasteiger partial charge in [-0.2, -0.15) is 18.2 Å². The molecule has 8 heteroatoms. The second-order valence-corrected chi connectivity index (χ2v) is 6.26. The van der Waals surface area contributed by atoms with Crippen molar-refractivity contribution in [1.29, 1.82) is 0 Å². The van der Waals surface area contributed by atoms with Gasteiger partial charge in [0.25, 0.3) is 0 Å². The predicted octanol–water partition coefficient (Wildman–Crippen LogP) is 5.77. The SMILES string of the molecule is CC(C)Oc1ccc(Nc2ncc(C(F)(F)F)c(Nc3ccccc3)n2)cc1. The maximum absolute atomic E-state index is 13.3. The summed E-state index contributed by atoms with van der Waals surface area (Å²) < 4.78 is 45.5. The molecule has 1 aromatic heterocycles. The molecule has 0 unspecified atom stereocenters. The van der Waals surface area contributed by atoms with Crippen molar-refractivity contribution in [2.75, 3.05) is 10.6 Å². The summed E-state index contributed by atoms with van der Waals surface area (Å²) in [5.74, 6) is 0.417. The van der Waals surface area contributed by atoms with Gasteiger partial charge in [0.1, 0.15) is 17.1 Å². The van der Waals surface area contributed by atoms with E-state index in [0.717, 1.165) is 6.20 Å². The minimum atomic E-state index is -4.58. The number of nitrogens with zero attached hydrogens (tertiary/aromatic N) is 2. The molecule has 0 aliphatic rings. The van der Waals surface area contributed by atoms with Crippen molar-refractivity contribution in [1.82, 2.24) is 9.97 Å². The van der Waals surface area contributed by atoms with Crippen LogP contribution >= 0.6 is 0 Å². The van der Waals surface area contributed by atoms with Gasteiger partial charge in [0.2, 0.25) is 5.95 Å². The van der Waals surface area contributed by atoms with E-state index >= 15 is 0 Å². The van der Waals surface area contributed by atoms with Crippen molar-refractivity contribution in [3.63, 3.8) is 0 Å². The lowest BCUT2D eigenvalue weighted by Gasteiger charge is -2.15. The van der Waals surface area contributed by atoms with E-state index in [1.807, 2.05) is 13.8 Å². The maximum atomic E-state index is 13.3. The van der Waals surface area contributed by atoms with E-state index in [9.17, 15) is 13.2 Å². The molecule has 3 rings (SSSR count). The van der Waals surface area contributed by atoms with Crippen LogP contribution in [-0.4, -0.2) is 16.1 Å². The number of aromatic nitrogens is 2. The molecule has 0 amide bonds. The molecule has 28 heavy (non-hydrogen) atoms. The zero-order chi connectivity index (χ0) is 20.1. The third-order valence-corrected chi connectivity index (χ3v) is 3.61. The molecule has 2 aromatic carbocycles. The van der Waals surface area contributed by atoms with Crippen molar-refractivity contribution in [2.45, 2.75) is 26.1 Å². The number of hydrogen-bond donors (Lipinski definition) is 2. The van der Waals surface area contributed by atoms with Crippen molar-refractivity contribution < 1.29 is 17.9 Å². The largest absolute Gasteiger partial charge is 0.491 e. The van der Waals surface area contributed by atoms with Crippen molar-refractivity contribution in [3.05, 3.63) is 66.4 Å². The lowest BCUT2D eigenvalue weighted by atomic mass is 10.2. The molecule has 146 valence electrons. The molecule has 0 saturated heterocycles. The van der Waals surface area contributed by atoms with E-state index in [-0.39, 0.29) is 17.9 Å². The average molecular weight is 388 g/mol. The fraction of sp³-hybridized carbons (Fsp3) is 0.200. The van der Waals surface area contributed by atoms with Gasteiger partial charge in [-0.1, -0.05) is 18.2 Å². The van der Waals surface area contributed by atoms with Gasteiger partial charge in [-0.05, 0) is 50.2 Å². The fourth-order valence-electron chi connectivity index (χ4n) is 2.42. The first kappa shape index (κ1) is 19.5. The Bertz CT molecular complexity index is 913. The van der Waals surface area contributed by atoms with E-state index < -0.39 is 11.7 Å². The number of alkyl halides is 3. The highest BCUT2D eigenvalue weighted by Crippen LogP contribution is 2.35. The highest BCUT2D eigenvalue weighted by Gasteiger charge is 2.35. The Morgan fingerprint density at radius 1 is 0.893 bits per heavy atom. The van der Waals surface area contributed by atoms with E-state index in [1.54, 1.807) is 54.6 Å². The maximum Gasteiger partial charge on any atom is 0.421 e. The topological polar surface area (TPSA) is 59.1 Å². The minimum absolute atomic E-state index is 0.0451. The number of benzene rings is 2. The summed E-state index contributed by atoms with van der Waals surface area (Å²) >= 11 is 0. The second-order valence-electron chi connectivity index (χ2n) is 6.26. The first-order chi connectivity index (χ1) is 13.3. The highest BCUT2D eigenvalue weighted by atomic mass is 19.4. The Hall–Kier alpha value is -3.29. The summed E-state index contributed by atoms with van der Waals surface area (Å²) in [7, 11) is 0. The zero-order valence-corrected chi connectivity index (χ0v) is 15.3. The monoisotopic (exact) mass is 388 g/mol. The van der Waals surface area contributed by atoms with Gasteiger partial charge in [-0.3, -0.25) is 0 Å². The lowest BCUT2D eigenvalue weighted by molar-refractivity contribution is -0.137. The molecule has 0 aliphatic carbocycles. The smallest absolute Gasteiger partial charge is 0.421 e. The molecular formula is C20H19F3N4O. The number of halogens is 3. The van der Waals surface area contributed by atoms with Crippen molar-refractivity contribution in [2.24, 2.45) is 0 Å². The molecule has 3 aromatic rings. The third-order valence-electron chi connectivity index (χ3n) is 3.61. The van der Waals surface area contributed by atoms with E-state index in [2.05, 4.69) is 20.6 Å². The molecule has 0 saturated carbocycles. The quantitative estimate of drug-likeness (QED) is 0.561. The van der Waals surface area contributed by atoms with Gasteiger partial charge in [0, 0.05) is 17.6 Å². The van der Waals surface area contributed by atoms with Crippen molar-refractivity contribution in [3.8, 4) is 5.75 Å². The van der Waals surface area contributed by atoms with Crippen LogP contribution in [0, 0.1) is 0 Å². The summed E-state index contributed by atoms with van der Waals surface area (Å²) in [4.78, 5) is 7.82. The number of nitrogens with one attached hydrogen (secondary N) is 2. The van der Waals surface area contributed by atoms with Gasteiger partial charge >= 0.3 is 6.18 Å². The molecule has 5 nitrogen and oxygen atoms in total. The summed E-state index contributed by atoms with van der Waals surface area (Å²) in [6, 6.07) is 15.5. The molecule has 0 radical (unpaired) electrons. The van der Waals surface area contributed by atoms with E-state index in [4.69, 9.17) is 4.74 Å². The van der Waals surface area contributed by atoms with Crippen LogP contribution in [0.5, 0.6) is 5.75 Å². The number of anilines is 4. The first-order valence-corrected chi connectivity index (χ1v) is 8.61. The standard InChI is InChI=1S/C20H19F3N4O/c1-13(2)28-16-10-8-15(9-11-16)26-19-24-12-17(20(21,22)23)18(27-19)25-14-6-4-3-5-7-14/h3-13H,1-2H3,(H2,24,25,26,27). The first-order valence-electron chi connectivity index (χ1n) is 8.61. The summed E-state index contributed by atoms with van der Waals surface area (Å²) in [5, 5.41) is 5.61. The number of para-hydroxylation sites is 1. The van der Waals surface area contributed by atoms with Gasteiger partial charge < -0.3 is 15.4 Å². The predicted molar refractivity (Wildman–Crippen MR) is 102 cm³/mol. The van der Waals surface area contributed by atoms with Gasteiger partial charge in [0.05, 0.1) is 6.10 Å². The Morgan fingerprint density at radius 3 is 2.14 bits per heavy atom. The van der Waals surface area contributed by atoms with Gasteiger partial charge in [-0.25, -0.2) is 4.98 Å². The van der Waals surface area contributed by atoms with Crippen LogP contribution < -0.4 is 15.4 Å². The molecule has 0 aliphatic heterocycles. The molecule has 0 bridgehead atoms. The second kappa shape index (κ2) is 8.16. The average Bonchev–Trinajstić information content (AvgIpc) is 2.63. The number of hydrogen-bond acceptors (Lipinski definition) is 5. The molecule has 0 spiro atoms. The van der Waals surface area contributed by atoms with Crippen LogP contribution in [0.15, 0.2) is 60.8 Å². The summed E-state index contributed by atoms with van der Waals surface area (Å²) in [6.45, 7) is 3.84. The van der Waals surface area contributed by atoms with Crippen LogP contribution in [0.1, 0.15) is 19.4 Å². The molecule has 0 fully saturated rings. The zero-order valence-electron chi connectivity index (χ0n) is 15.3. The van der Waals surface area contributed by atoms with E-state index in [0.29, 0.717) is 17.1 Å². The minimum Gasteiger partial charge on any atom is -0.491 e. The Labute approximate surface area is 160 Å². The van der Waals surface area contributed by atoms with E-state index in [1.165, 1.54) is 0 Å². The number of ether oxygens (including phenoxy) is 1. The normalized spacial score (nSPS) is 11.4. The van der Waals surface area contributed by atoms with Crippen LogP contribution in [0.25, 0.3) is 0 Å². The Balaban J connectivity index is 1.84. The van der Waals surface area contributed by atoms with Crippen LogP contribution in [0.3, 0.4) is 0 Å². The summed E-state index contributed by atoms with van der Waals surface area (Å²) in [5.41, 5.74) is 0.178. The Morgan fingerprint density at radius 2 is 1.54 bits per heavy atom. The van der Waals surface area contributed by atoms with Gasteiger partial charge in [0.15, 0.2) is 0 Å². The molecule has 1 heterocycles. The van der Waals surface area contributed by atoms with Crippen LogP contribution in [-0.2, 0) is 6.18 Å². The fourth-order valence-corrected chi connectivity index (χ4v) is 2.42. The lowest BCUT2D eigenvalue weighted by Crippen LogP contribution is -2.12. The molecular weight excluding hydrogens is 369 g/mol. The van der Waals surface area contributed by atoms with Crippen LogP contribution in [0.2, 0.25) is 0 Å². The summed E-state index contributed by atoms with van der Waals surface area (Å²) in [6.07, 6.45) is -3.77. The van der Waals surface area contributed by atoms with Crippen molar-refractivity contribution >= 4 is 23.1 Å². The Kier molecular flexibility index (Phi) is 5.67. The van der Waals surface area contributed by atoms with Crippen LogP contribution in [0.4, 0.5) is 36.3 Å². The third kappa shape index (κ3) is 5.12. The highest BCUT2D eigenvalue weighted by molar-refractivity contribution is 5.63. The molecule has 2 N–H and O–H groups in total. The number of rotatable bonds is 6. The molecule has 0 atom stereocenters. The van der Waals surface area contributed by atoms with Gasteiger partial charge in [-0.15, -0.1) is 0 Å².